The van der Waals surface area contributed by atoms with Crippen molar-refractivity contribution in [2.24, 2.45) is 5.73 Å². The number of Topliss-reactive ketones (excluding diaryl/α,β-unsaturated/α-hetero) is 1. The van der Waals surface area contributed by atoms with E-state index in [1.54, 1.807) is 11.5 Å². The van der Waals surface area contributed by atoms with Crippen LogP contribution in [-0.2, 0) is 11.3 Å². The number of ether oxygens (including phenoxy) is 1. The van der Waals surface area contributed by atoms with Crippen LogP contribution in [0.5, 0.6) is 0 Å². The maximum Gasteiger partial charge on any atom is 0.246 e. The first kappa shape index (κ1) is 9.36. The summed E-state index contributed by atoms with van der Waals surface area (Å²) in [6.45, 7) is 0.965. The summed E-state index contributed by atoms with van der Waals surface area (Å²) >= 11 is 1.40. The Kier molecular flexibility index (Phi) is 2.60. The van der Waals surface area contributed by atoms with Crippen LogP contribution in [0.25, 0.3) is 0 Å². The van der Waals surface area contributed by atoms with Crippen LogP contribution < -0.4 is 5.73 Å². The number of hydrogen-bond donors (Lipinski definition) is 1. The Bertz CT molecular complexity index is 384. The fourth-order valence-corrected chi connectivity index (χ4v) is 1.87. The topological polar surface area (TPSA) is 65.2 Å². The Hall–Kier alpha value is -1.20. The van der Waals surface area contributed by atoms with Gasteiger partial charge < -0.3 is 10.5 Å². The summed E-state index contributed by atoms with van der Waals surface area (Å²) in [7, 11) is 0. The smallest absolute Gasteiger partial charge is 0.246 e. The summed E-state index contributed by atoms with van der Waals surface area (Å²) in [4.78, 5) is 15.8. The molecule has 0 amide bonds. The van der Waals surface area contributed by atoms with E-state index in [-0.39, 0.29) is 5.78 Å². The summed E-state index contributed by atoms with van der Waals surface area (Å²) in [5.74, 6) is 0.275. The van der Waals surface area contributed by atoms with Crippen molar-refractivity contribution in [3.8, 4) is 0 Å². The van der Waals surface area contributed by atoms with Gasteiger partial charge in [-0.15, -0.1) is 11.3 Å². The summed E-state index contributed by atoms with van der Waals surface area (Å²) in [6.07, 6.45) is 2.60. The number of aromatic nitrogens is 1. The lowest BCUT2D eigenvalue weighted by Crippen LogP contribution is -2.05. The standard InChI is InChI=1S/C9H10N2O2S/c10-4-8-11-6(5-14-8)9(12)7-2-1-3-13-7/h2,5H,1,3-4,10H2. The largest absolute Gasteiger partial charge is 0.489 e. The van der Waals surface area contributed by atoms with Gasteiger partial charge in [0.05, 0.1) is 6.61 Å². The molecule has 0 saturated carbocycles. The second-order valence-corrected chi connectivity index (χ2v) is 3.81. The van der Waals surface area contributed by atoms with E-state index >= 15 is 0 Å². The average Bonchev–Trinajstić information content (AvgIpc) is 2.88. The van der Waals surface area contributed by atoms with Crippen LogP contribution in [0, 0.1) is 0 Å². The van der Waals surface area contributed by atoms with Crippen molar-refractivity contribution < 1.29 is 9.53 Å². The quantitative estimate of drug-likeness (QED) is 0.758. The molecule has 0 aliphatic carbocycles. The van der Waals surface area contributed by atoms with Crippen molar-refractivity contribution >= 4 is 17.1 Å². The van der Waals surface area contributed by atoms with Crippen LogP contribution >= 0.6 is 11.3 Å². The highest BCUT2D eigenvalue weighted by molar-refractivity contribution is 7.09. The fraction of sp³-hybridized carbons (Fsp3) is 0.333. The van der Waals surface area contributed by atoms with E-state index in [0.717, 1.165) is 11.4 Å². The molecule has 1 aromatic heterocycles. The van der Waals surface area contributed by atoms with Crippen LogP contribution in [0.2, 0.25) is 0 Å². The molecule has 74 valence electrons. The van der Waals surface area contributed by atoms with Crippen molar-refractivity contribution in [2.75, 3.05) is 6.61 Å². The highest BCUT2D eigenvalue weighted by atomic mass is 32.1. The summed E-state index contributed by atoms with van der Waals surface area (Å²) in [6, 6.07) is 0. The number of rotatable bonds is 3. The maximum atomic E-state index is 11.7. The molecule has 0 radical (unpaired) electrons. The van der Waals surface area contributed by atoms with Crippen molar-refractivity contribution in [1.82, 2.24) is 4.98 Å². The summed E-state index contributed by atoms with van der Waals surface area (Å²) in [5.41, 5.74) is 5.84. The zero-order valence-electron chi connectivity index (χ0n) is 7.53. The van der Waals surface area contributed by atoms with E-state index < -0.39 is 0 Å². The molecule has 0 atom stereocenters. The molecule has 0 bridgehead atoms. The second kappa shape index (κ2) is 3.89. The van der Waals surface area contributed by atoms with E-state index in [2.05, 4.69) is 4.98 Å². The Morgan fingerprint density at radius 3 is 3.14 bits per heavy atom. The third-order valence-corrected chi connectivity index (χ3v) is 2.76. The minimum atomic E-state index is -0.140. The van der Waals surface area contributed by atoms with Gasteiger partial charge in [0.25, 0.3) is 0 Å². The van der Waals surface area contributed by atoms with Crippen LogP contribution in [0.15, 0.2) is 17.2 Å². The molecule has 1 aliphatic heterocycles. The number of nitrogens with zero attached hydrogens (tertiary/aromatic N) is 1. The monoisotopic (exact) mass is 210 g/mol. The minimum absolute atomic E-state index is 0.140. The fourth-order valence-electron chi connectivity index (χ4n) is 1.21. The van der Waals surface area contributed by atoms with E-state index in [1.165, 1.54) is 11.3 Å². The van der Waals surface area contributed by atoms with E-state index in [1.807, 2.05) is 0 Å². The van der Waals surface area contributed by atoms with E-state index in [0.29, 0.717) is 24.6 Å². The number of carbonyl (C=O) groups is 1. The van der Waals surface area contributed by atoms with Crippen LogP contribution in [-0.4, -0.2) is 17.4 Å². The van der Waals surface area contributed by atoms with E-state index in [4.69, 9.17) is 10.5 Å². The third-order valence-electron chi connectivity index (χ3n) is 1.89. The van der Waals surface area contributed by atoms with Gasteiger partial charge in [-0.2, -0.15) is 0 Å². The number of thiazole rings is 1. The molecule has 0 unspecified atom stereocenters. The van der Waals surface area contributed by atoms with Crippen molar-refractivity contribution in [3.63, 3.8) is 0 Å². The lowest BCUT2D eigenvalue weighted by molar-refractivity contribution is 0.0938. The third kappa shape index (κ3) is 1.69. The van der Waals surface area contributed by atoms with Gasteiger partial charge in [-0.25, -0.2) is 4.98 Å². The molecule has 1 aliphatic rings. The molecule has 1 aromatic rings. The molecule has 2 rings (SSSR count). The zero-order chi connectivity index (χ0) is 9.97. The normalized spacial score (nSPS) is 15.1. The van der Waals surface area contributed by atoms with Gasteiger partial charge in [0.15, 0.2) is 5.76 Å². The van der Waals surface area contributed by atoms with Gasteiger partial charge in [-0.05, 0) is 6.08 Å². The molecule has 4 nitrogen and oxygen atoms in total. The predicted molar refractivity (Wildman–Crippen MR) is 53.0 cm³/mol. The van der Waals surface area contributed by atoms with Gasteiger partial charge in [0.2, 0.25) is 5.78 Å². The maximum absolute atomic E-state index is 11.7. The van der Waals surface area contributed by atoms with Crippen LogP contribution in [0.4, 0.5) is 0 Å². The number of ketones is 1. The van der Waals surface area contributed by atoms with Gasteiger partial charge in [0.1, 0.15) is 10.7 Å². The van der Waals surface area contributed by atoms with Gasteiger partial charge in [-0.3, -0.25) is 4.79 Å². The first-order valence-electron chi connectivity index (χ1n) is 4.33. The SMILES string of the molecule is NCc1nc(C(=O)C2=CCCO2)cs1. The summed E-state index contributed by atoms with van der Waals surface area (Å²) < 4.78 is 5.16. The predicted octanol–water partition coefficient (Wildman–Crippen LogP) is 1.09. The summed E-state index contributed by atoms with van der Waals surface area (Å²) in [5, 5.41) is 2.49. The van der Waals surface area contributed by atoms with Gasteiger partial charge >= 0.3 is 0 Å². The Labute approximate surface area is 85.4 Å². The van der Waals surface area contributed by atoms with Gasteiger partial charge in [-0.1, -0.05) is 0 Å². The van der Waals surface area contributed by atoms with E-state index in [9.17, 15) is 4.79 Å². The molecule has 0 spiro atoms. The molecule has 0 aromatic carbocycles. The van der Waals surface area contributed by atoms with Crippen LogP contribution in [0.3, 0.4) is 0 Å². The molecular weight excluding hydrogens is 200 g/mol. The molecule has 0 fully saturated rings. The van der Waals surface area contributed by atoms with Gasteiger partial charge in [0, 0.05) is 18.3 Å². The van der Waals surface area contributed by atoms with Crippen LogP contribution in [0.1, 0.15) is 21.9 Å². The average molecular weight is 210 g/mol. The number of nitrogens with two attached hydrogens (primary N) is 1. The number of carbonyl (C=O) groups excluding carboxylic acids is 1. The number of allylic oxidation sites excluding steroid dienone is 1. The molecule has 5 heteroatoms. The highest BCUT2D eigenvalue weighted by Gasteiger charge is 2.19. The first-order chi connectivity index (χ1) is 6.81. The lowest BCUT2D eigenvalue weighted by Gasteiger charge is -1.98. The molecular formula is C9H10N2O2S. The van der Waals surface area contributed by atoms with Crippen molar-refractivity contribution in [3.05, 3.63) is 27.9 Å². The molecule has 0 saturated heterocycles. The molecule has 2 heterocycles. The Morgan fingerprint density at radius 1 is 1.71 bits per heavy atom. The lowest BCUT2D eigenvalue weighted by atomic mass is 10.2. The molecule has 14 heavy (non-hydrogen) atoms. The zero-order valence-corrected chi connectivity index (χ0v) is 8.34. The first-order valence-corrected chi connectivity index (χ1v) is 5.21. The second-order valence-electron chi connectivity index (χ2n) is 2.87. The number of hydrogen-bond acceptors (Lipinski definition) is 5. The Morgan fingerprint density at radius 2 is 2.57 bits per heavy atom. The Balaban J connectivity index is 2.18. The van der Waals surface area contributed by atoms with Crippen molar-refractivity contribution in [1.29, 1.82) is 0 Å². The molecule has 2 N–H and O–H groups in total. The highest BCUT2D eigenvalue weighted by Crippen LogP contribution is 2.17. The van der Waals surface area contributed by atoms with Crippen molar-refractivity contribution in [2.45, 2.75) is 13.0 Å². The minimum Gasteiger partial charge on any atom is -0.489 e.